The van der Waals surface area contributed by atoms with Crippen LogP contribution in [-0.4, -0.2) is 43.8 Å². The van der Waals surface area contributed by atoms with Gasteiger partial charge in [0.15, 0.2) is 6.23 Å². The van der Waals surface area contributed by atoms with Gasteiger partial charge in [-0.3, -0.25) is 9.78 Å². The first kappa shape index (κ1) is 14.1. The van der Waals surface area contributed by atoms with E-state index in [4.69, 9.17) is 9.84 Å². The molecule has 1 aliphatic heterocycles. The number of aromatic nitrogens is 3. The van der Waals surface area contributed by atoms with Crippen molar-refractivity contribution in [1.82, 2.24) is 14.8 Å². The molecule has 1 fully saturated rings. The lowest BCUT2D eigenvalue weighted by Crippen LogP contribution is -2.36. The van der Waals surface area contributed by atoms with Crippen molar-refractivity contribution in [2.75, 3.05) is 6.61 Å². The van der Waals surface area contributed by atoms with Gasteiger partial charge in [0, 0.05) is 6.42 Å². The van der Waals surface area contributed by atoms with Crippen molar-refractivity contribution in [2.45, 2.75) is 24.9 Å². The number of hydrogen-bond donors (Lipinski definition) is 3. The molecule has 0 saturated carbocycles. The fraction of sp³-hybridized carbons (Fsp3) is 0.500. The number of nitrogens with one attached hydrogen (secondary N) is 1. The van der Waals surface area contributed by atoms with Gasteiger partial charge in [0.2, 0.25) is 0 Å². The molecule has 1 aromatic heterocycles. The Kier molecular flexibility index (Phi) is 4.30. The molecular weight excluding hydrogens is 322 g/mol. The topological polar surface area (TPSA) is 117 Å². The van der Waals surface area contributed by atoms with E-state index in [1.54, 1.807) is 0 Å². The second kappa shape index (κ2) is 5.78. The fourth-order valence-electron chi connectivity index (χ4n) is 1.82. The maximum absolute atomic E-state index is 11.7. The van der Waals surface area contributed by atoms with Crippen LogP contribution >= 0.6 is 15.9 Å². The molecule has 1 aromatic rings. The van der Waals surface area contributed by atoms with Crippen LogP contribution < -0.4 is 11.2 Å². The highest BCUT2D eigenvalue weighted by Gasteiger charge is 2.35. The summed E-state index contributed by atoms with van der Waals surface area (Å²) in [6.07, 6.45) is -0.976. The zero-order valence-electron chi connectivity index (χ0n) is 9.69. The average molecular weight is 334 g/mol. The molecule has 2 rings (SSSR count). The third-order valence-corrected chi connectivity index (χ3v) is 3.02. The molecule has 1 unspecified atom stereocenters. The van der Waals surface area contributed by atoms with Gasteiger partial charge in [-0.05, 0) is 11.1 Å². The van der Waals surface area contributed by atoms with Crippen LogP contribution in [0.1, 0.15) is 18.3 Å². The summed E-state index contributed by atoms with van der Waals surface area (Å²) >= 11 is 3.01. The minimum absolute atomic E-state index is 0.0296. The molecule has 1 saturated heterocycles. The molecule has 3 N–H and O–H groups in total. The quantitative estimate of drug-likeness (QED) is 0.649. The Hall–Kier alpha value is -1.29. The largest absolute Gasteiger partial charge is 0.394 e. The first-order valence-corrected chi connectivity index (χ1v) is 6.42. The monoisotopic (exact) mass is 333 g/mol. The third-order valence-electron chi connectivity index (χ3n) is 2.75. The number of H-pyrrole nitrogens is 1. The van der Waals surface area contributed by atoms with Crippen molar-refractivity contribution >= 4 is 22.0 Å². The van der Waals surface area contributed by atoms with Crippen LogP contribution in [0.5, 0.6) is 0 Å². The van der Waals surface area contributed by atoms with Crippen LogP contribution in [0.15, 0.2) is 14.6 Å². The van der Waals surface area contributed by atoms with Gasteiger partial charge in [-0.2, -0.15) is 9.78 Å². The van der Waals surface area contributed by atoms with Gasteiger partial charge in [0.05, 0.1) is 12.7 Å². The predicted molar refractivity (Wildman–Crippen MR) is 68.7 cm³/mol. The molecule has 0 aromatic carbocycles. The maximum atomic E-state index is 11.7. The van der Waals surface area contributed by atoms with E-state index < -0.39 is 29.7 Å². The number of hydrogen-bond acceptors (Lipinski definition) is 6. The summed E-state index contributed by atoms with van der Waals surface area (Å²) in [6, 6.07) is 0. The van der Waals surface area contributed by atoms with Crippen LogP contribution in [0.4, 0.5) is 0 Å². The van der Waals surface area contributed by atoms with E-state index in [0.29, 0.717) is 0 Å². The molecular formula is C10H12BrN3O5. The molecule has 0 aliphatic carbocycles. The molecule has 0 radical (unpaired) electrons. The van der Waals surface area contributed by atoms with Crippen molar-refractivity contribution in [2.24, 2.45) is 0 Å². The van der Waals surface area contributed by atoms with Gasteiger partial charge in [0.25, 0.3) is 5.56 Å². The highest BCUT2D eigenvalue weighted by atomic mass is 79.9. The van der Waals surface area contributed by atoms with Crippen molar-refractivity contribution < 1.29 is 14.9 Å². The van der Waals surface area contributed by atoms with Crippen LogP contribution in [-0.2, 0) is 4.74 Å². The van der Waals surface area contributed by atoms with E-state index in [1.807, 2.05) is 0 Å². The molecule has 9 heteroatoms. The van der Waals surface area contributed by atoms with Gasteiger partial charge in [-0.25, -0.2) is 4.79 Å². The first-order chi connectivity index (χ1) is 9.06. The van der Waals surface area contributed by atoms with E-state index in [2.05, 4.69) is 26.0 Å². The summed E-state index contributed by atoms with van der Waals surface area (Å²) in [5.74, 6) is 0. The molecule has 8 nitrogen and oxygen atoms in total. The summed E-state index contributed by atoms with van der Waals surface area (Å²) in [5, 5.41) is 22.5. The minimum Gasteiger partial charge on any atom is -0.394 e. The highest BCUT2D eigenvalue weighted by molar-refractivity contribution is 9.11. The van der Waals surface area contributed by atoms with Gasteiger partial charge < -0.3 is 14.9 Å². The van der Waals surface area contributed by atoms with Crippen LogP contribution in [0, 0.1) is 0 Å². The third kappa shape index (κ3) is 2.84. The number of halogens is 1. The summed E-state index contributed by atoms with van der Waals surface area (Å²) in [4.78, 5) is 26.7. The lowest BCUT2D eigenvalue weighted by Gasteiger charge is -2.13. The van der Waals surface area contributed by atoms with Crippen molar-refractivity contribution in [3.8, 4) is 0 Å². The van der Waals surface area contributed by atoms with E-state index in [-0.39, 0.29) is 18.7 Å². The SMILES string of the molecule is O=c1[nH]c(=O)n(C2C[C@@H](O)[C@@H](CO)O2)nc1/C=C/Br. The van der Waals surface area contributed by atoms with Crippen LogP contribution in [0.2, 0.25) is 0 Å². The number of ether oxygens (including phenoxy) is 1. The first-order valence-electron chi connectivity index (χ1n) is 5.51. The van der Waals surface area contributed by atoms with Crippen LogP contribution in [0.25, 0.3) is 6.08 Å². The maximum Gasteiger partial charge on any atom is 0.347 e. The zero-order chi connectivity index (χ0) is 14.0. The van der Waals surface area contributed by atoms with Gasteiger partial charge >= 0.3 is 5.69 Å². The van der Waals surface area contributed by atoms with E-state index in [0.717, 1.165) is 4.68 Å². The number of rotatable bonds is 3. The number of nitrogens with zero attached hydrogens (tertiary/aromatic N) is 2. The standard InChI is InChI=1S/C10H12BrN3O5/c11-2-1-5-9(17)12-10(18)14(13-5)8-3-6(16)7(4-15)19-8/h1-2,6-8,15-16H,3-4H2,(H,12,17,18)/b2-1+/t6-,7-,8?/m1/s1. The number of aliphatic hydroxyl groups excluding tert-OH is 2. The smallest absolute Gasteiger partial charge is 0.347 e. The summed E-state index contributed by atoms with van der Waals surface area (Å²) < 4.78 is 6.25. The molecule has 0 spiro atoms. The lowest BCUT2D eigenvalue weighted by molar-refractivity contribution is -0.0507. The molecule has 3 atom stereocenters. The lowest BCUT2D eigenvalue weighted by atomic mass is 10.2. The van der Waals surface area contributed by atoms with Crippen LogP contribution in [0.3, 0.4) is 0 Å². The summed E-state index contributed by atoms with van der Waals surface area (Å²) in [6.45, 7) is -0.357. The molecule has 104 valence electrons. The zero-order valence-corrected chi connectivity index (χ0v) is 11.3. The summed E-state index contributed by atoms with van der Waals surface area (Å²) in [5.41, 5.74) is -1.32. The molecule has 2 heterocycles. The van der Waals surface area contributed by atoms with E-state index >= 15 is 0 Å². The highest BCUT2D eigenvalue weighted by Crippen LogP contribution is 2.26. The summed E-state index contributed by atoms with van der Waals surface area (Å²) in [7, 11) is 0. The predicted octanol–water partition coefficient (Wildman–Crippen LogP) is -1.06. The normalized spacial score (nSPS) is 27.2. The van der Waals surface area contributed by atoms with Gasteiger partial charge in [-0.1, -0.05) is 15.9 Å². The Balaban J connectivity index is 2.38. The average Bonchev–Trinajstić information content (AvgIpc) is 2.74. The van der Waals surface area contributed by atoms with E-state index in [9.17, 15) is 14.7 Å². The fourth-order valence-corrected chi connectivity index (χ4v) is 2.07. The van der Waals surface area contributed by atoms with E-state index in [1.165, 1.54) is 11.1 Å². The van der Waals surface area contributed by atoms with Gasteiger partial charge in [0.1, 0.15) is 11.8 Å². The molecule has 0 amide bonds. The Morgan fingerprint density at radius 1 is 1.58 bits per heavy atom. The molecule has 1 aliphatic rings. The second-order valence-electron chi connectivity index (χ2n) is 4.00. The van der Waals surface area contributed by atoms with Crippen molar-refractivity contribution in [1.29, 1.82) is 0 Å². The Morgan fingerprint density at radius 2 is 2.32 bits per heavy atom. The Morgan fingerprint density at radius 3 is 2.89 bits per heavy atom. The number of aromatic amines is 1. The Labute approximate surface area is 115 Å². The molecule has 0 bridgehead atoms. The second-order valence-corrected chi connectivity index (χ2v) is 4.53. The molecule has 19 heavy (non-hydrogen) atoms. The van der Waals surface area contributed by atoms with Crippen molar-refractivity contribution in [3.63, 3.8) is 0 Å². The van der Waals surface area contributed by atoms with Gasteiger partial charge in [-0.15, -0.1) is 0 Å². The number of aliphatic hydroxyl groups is 2. The minimum atomic E-state index is -0.884. The van der Waals surface area contributed by atoms with Crippen molar-refractivity contribution in [3.05, 3.63) is 31.5 Å². The Bertz CT molecular complexity index is 596.